The van der Waals surface area contributed by atoms with Crippen molar-refractivity contribution in [2.24, 2.45) is 0 Å². The van der Waals surface area contributed by atoms with Crippen LogP contribution < -0.4 is 5.63 Å². The van der Waals surface area contributed by atoms with E-state index < -0.39 is 5.63 Å². The number of phenols is 1. The average Bonchev–Trinajstić information content (AvgIpc) is 2.51. The summed E-state index contributed by atoms with van der Waals surface area (Å²) in [6.45, 7) is 3.02. The van der Waals surface area contributed by atoms with Gasteiger partial charge in [0, 0.05) is 17.0 Å². The SMILES string of the molecule is CC(=O)c1cc2c(-c3ccccc3)cc(=O)oc2c(C)c1O. The Balaban J connectivity index is 2.48. The van der Waals surface area contributed by atoms with Crippen molar-refractivity contribution in [3.05, 3.63) is 64.0 Å². The molecule has 4 nitrogen and oxygen atoms in total. The summed E-state index contributed by atoms with van der Waals surface area (Å²) in [6, 6.07) is 12.4. The number of carbonyl (C=O) groups excluding carboxylic acids is 1. The van der Waals surface area contributed by atoms with Crippen molar-refractivity contribution < 1.29 is 14.3 Å². The van der Waals surface area contributed by atoms with Crippen molar-refractivity contribution in [2.75, 3.05) is 0 Å². The zero-order valence-corrected chi connectivity index (χ0v) is 12.2. The Morgan fingerprint density at radius 1 is 1.14 bits per heavy atom. The molecule has 1 N–H and O–H groups in total. The molecule has 0 fully saturated rings. The predicted molar refractivity (Wildman–Crippen MR) is 84.3 cm³/mol. The van der Waals surface area contributed by atoms with Gasteiger partial charge in [-0.3, -0.25) is 4.79 Å². The standard InChI is InChI=1S/C18H14O4/c1-10-17(21)13(11(2)19)8-15-14(9-16(20)22-18(10)15)12-6-4-3-5-7-12/h3-9,21H,1-2H3. The molecule has 0 saturated carbocycles. The van der Waals surface area contributed by atoms with Crippen molar-refractivity contribution in [3.63, 3.8) is 0 Å². The van der Waals surface area contributed by atoms with Crippen molar-refractivity contribution in [3.8, 4) is 16.9 Å². The molecular weight excluding hydrogens is 280 g/mol. The topological polar surface area (TPSA) is 67.5 Å². The zero-order chi connectivity index (χ0) is 15.9. The third-order valence-corrected chi connectivity index (χ3v) is 3.70. The van der Waals surface area contributed by atoms with E-state index in [1.807, 2.05) is 30.3 Å². The van der Waals surface area contributed by atoms with E-state index in [-0.39, 0.29) is 17.1 Å². The molecule has 0 aliphatic heterocycles. The first-order chi connectivity index (χ1) is 10.5. The van der Waals surface area contributed by atoms with Crippen molar-refractivity contribution >= 4 is 16.8 Å². The molecule has 4 heteroatoms. The molecule has 1 aromatic heterocycles. The van der Waals surface area contributed by atoms with Gasteiger partial charge in [0.05, 0.1) is 5.56 Å². The molecule has 22 heavy (non-hydrogen) atoms. The maximum absolute atomic E-state index is 11.8. The first-order valence-corrected chi connectivity index (χ1v) is 6.86. The number of aryl methyl sites for hydroxylation is 1. The lowest BCUT2D eigenvalue weighted by Crippen LogP contribution is -2.02. The van der Waals surface area contributed by atoms with Crippen LogP contribution in [0, 0.1) is 6.92 Å². The van der Waals surface area contributed by atoms with Gasteiger partial charge in [-0.25, -0.2) is 4.79 Å². The van der Waals surface area contributed by atoms with E-state index in [1.165, 1.54) is 13.0 Å². The van der Waals surface area contributed by atoms with Gasteiger partial charge in [0.1, 0.15) is 11.3 Å². The Morgan fingerprint density at radius 2 is 1.82 bits per heavy atom. The van der Waals surface area contributed by atoms with Gasteiger partial charge in [-0.1, -0.05) is 30.3 Å². The summed E-state index contributed by atoms with van der Waals surface area (Å²) in [5.74, 6) is -0.388. The van der Waals surface area contributed by atoms with Crippen molar-refractivity contribution in [1.29, 1.82) is 0 Å². The Bertz CT molecular complexity index is 937. The molecule has 0 unspecified atom stereocenters. The fourth-order valence-electron chi connectivity index (χ4n) is 2.57. The van der Waals surface area contributed by atoms with E-state index in [1.54, 1.807) is 13.0 Å². The number of aromatic hydroxyl groups is 1. The second kappa shape index (κ2) is 5.15. The molecule has 0 aliphatic carbocycles. The van der Waals surface area contributed by atoms with Crippen LogP contribution in [0.2, 0.25) is 0 Å². The lowest BCUT2D eigenvalue weighted by atomic mass is 9.96. The van der Waals surface area contributed by atoms with Crippen LogP contribution in [0.1, 0.15) is 22.8 Å². The molecule has 2 aromatic carbocycles. The number of rotatable bonds is 2. The first kappa shape index (κ1) is 14.1. The van der Waals surface area contributed by atoms with Crippen molar-refractivity contribution in [2.45, 2.75) is 13.8 Å². The van der Waals surface area contributed by atoms with E-state index in [0.717, 1.165) is 5.56 Å². The lowest BCUT2D eigenvalue weighted by Gasteiger charge is -2.11. The summed E-state index contributed by atoms with van der Waals surface area (Å²) >= 11 is 0. The highest BCUT2D eigenvalue weighted by Crippen LogP contribution is 2.35. The number of carbonyl (C=O) groups is 1. The molecule has 0 atom stereocenters. The number of hydrogen-bond donors (Lipinski definition) is 1. The fraction of sp³-hybridized carbons (Fsp3) is 0.111. The minimum Gasteiger partial charge on any atom is -0.507 e. The summed E-state index contributed by atoms with van der Waals surface area (Å²) in [5, 5.41) is 10.8. The molecule has 0 spiro atoms. The summed E-state index contributed by atoms with van der Waals surface area (Å²) in [7, 11) is 0. The Kier molecular flexibility index (Phi) is 3.29. The molecule has 3 rings (SSSR count). The fourth-order valence-corrected chi connectivity index (χ4v) is 2.57. The highest BCUT2D eigenvalue weighted by atomic mass is 16.4. The van der Waals surface area contributed by atoms with Gasteiger partial charge in [-0.15, -0.1) is 0 Å². The number of Topliss-reactive ketones (excluding diaryl/α,β-unsaturated/α-hetero) is 1. The summed E-state index contributed by atoms with van der Waals surface area (Å²) < 4.78 is 5.24. The van der Waals surface area contributed by atoms with E-state index in [9.17, 15) is 14.7 Å². The summed E-state index contributed by atoms with van der Waals surface area (Å²) in [4.78, 5) is 23.6. The van der Waals surface area contributed by atoms with Gasteiger partial charge in [-0.05, 0) is 31.0 Å². The van der Waals surface area contributed by atoms with Crippen LogP contribution in [0.3, 0.4) is 0 Å². The van der Waals surface area contributed by atoms with Gasteiger partial charge < -0.3 is 9.52 Å². The molecule has 1 heterocycles. The van der Waals surface area contributed by atoms with Gasteiger partial charge in [0.25, 0.3) is 0 Å². The first-order valence-electron chi connectivity index (χ1n) is 6.86. The Morgan fingerprint density at radius 3 is 2.45 bits per heavy atom. The smallest absolute Gasteiger partial charge is 0.336 e. The van der Waals surface area contributed by atoms with E-state index in [0.29, 0.717) is 22.1 Å². The van der Waals surface area contributed by atoms with Crippen molar-refractivity contribution in [1.82, 2.24) is 0 Å². The van der Waals surface area contributed by atoms with Crippen LogP contribution in [0.4, 0.5) is 0 Å². The van der Waals surface area contributed by atoms with Crippen LogP contribution in [-0.4, -0.2) is 10.9 Å². The van der Waals surface area contributed by atoms with E-state index in [4.69, 9.17) is 4.42 Å². The maximum Gasteiger partial charge on any atom is 0.336 e. The minimum atomic E-state index is -0.496. The molecule has 0 amide bonds. The molecule has 110 valence electrons. The van der Waals surface area contributed by atoms with Crippen LogP contribution in [0.5, 0.6) is 5.75 Å². The van der Waals surface area contributed by atoms with E-state index in [2.05, 4.69) is 0 Å². The third-order valence-electron chi connectivity index (χ3n) is 3.70. The van der Waals surface area contributed by atoms with Crippen LogP contribution >= 0.6 is 0 Å². The monoisotopic (exact) mass is 294 g/mol. The Hall–Kier alpha value is -2.88. The van der Waals surface area contributed by atoms with Gasteiger partial charge in [0.15, 0.2) is 5.78 Å². The molecule has 3 aromatic rings. The highest BCUT2D eigenvalue weighted by Gasteiger charge is 2.17. The average molecular weight is 294 g/mol. The second-order valence-corrected chi connectivity index (χ2v) is 5.18. The van der Waals surface area contributed by atoms with Gasteiger partial charge in [0.2, 0.25) is 0 Å². The number of hydrogen-bond acceptors (Lipinski definition) is 4. The summed E-state index contributed by atoms with van der Waals surface area (Å²) in [5.41, 5.74) is 1.93. The lowest BCUT2D eigenvalue weighted by molar-refractivity contribution is 0.101. The quantitative estimate of drug-likeness (QED) is 0.578. The molecular formula is C18H14O4. The van der Waals surface area contributed by atoms with Crippen LogP contribution in [-0.2, 0) is 0 Å². The molecule has 0 saturated heterocycles. The normalized spacial score (nSPS) is 10.8. The number of phenolic OH excluding ortho intramolecular Hbond substituents is 1. The number of ketones is 1. The second-order valence-electron chi connectivity index (χ2n) is 5.18. The van der Waals surface area contributed by atoms with Crippen LogP contribution in [0.25, 0.3) is 22.1 Å². The minimum absolute atomic E-state index is 0.145. The van der Waals surface area contributed by atoms with Gasteiger partial charge >= 0.3 is 5.63 Å². The Labute approximate surface area is 126 Å². The van der Waals surface area contributed by atoms with Gasteiger partial charge in [-0.2, -0.15) is 0 Å². The largest absolute Gasteiger partial charge is 0.507 e. The van der Waals surface area contributed by atoms with E-state index >= 15 is 0 Å². The highest BCUT2D eigenvalue weighted by molar-refractivity contribution is 6.05. The zero-order valence-electron chi connectivity index (χ0n) is 12.2. The predicted octanol–water partition coefficient (Wildman–Crippen LogP) is 3.68. The summed E-state index contributed by atoms with van der Waals surface area (Å²) in [6.07, 6.45) is 0. The molecule has 0 radical (unpaired) electrons. The molecule has 0 bridgehead atoms. The van der Waals surface area contributed by atoms with Crippen LogP contribution in [0.15, 0.2) is 51.7 Å². The number of benzene rings is 2. The number of fused-ring (bicyclic) bond motifs is 1. The molecule has 0 aliphatic rings. The third kappa shape index (κ3) is 2.19. The maximum atomic E-state index is 11.8.